The van der Waals surface area contributed by atoms with Gasteiger partial charge in [-0.2, -0.15) is 0 Å². The van der Waals surface area contributed by atoms with E-state index >= 15 is 0 Å². The molecular formula is C21H35NO4. The van der Waals surface area contributed by atoms with Gasteiger partial charge in [0, 0.05) is 19.5 Å². The zero-order valence-corrected chi connectivity index (χ0v) is 16.4. The summed E-state index contributed by atoms with van der Waals surface area (Å²) in [6.45, 7) is 12.2. The fourth-order valence-electron chi connectivity index (χ4n) is 1.94. The number of rotatable bonds is 14. The summed E-state index contributed by atoms with van der Waals surface area (Å²) in [6.07, 6.45) is 0. The lowest BCUT2D eigenvalue weighted by Crippen LogP contribution is -2.20. The van der Waals surface area contributed by atoms with Crippen molar-refractivity contribution >= 4 is 0 Å². The first kappa shape index (κ1) is 22.5. The number of nitrogens with one attached hydrogen (secondary N) is 1. The van der Waals surface area contributed by atoms with Crippen molar-refractivity contribution in [2.45, 2.75) is 20.8 Å². The quantitative estimate of drug-likeness (QED) is 0.406. The average Bonchev–Trinajstić information content (AvgIpc) is 2.64. The van der Waals surface area contributed by atoms with Crippen LogP contribution in [-0.2, 0) is 14.2 Å². The molecule has 0 aromatic heterocycles. The Morgan fingerprint density at radius 3 is 2.04 bits per heavy atom. The number of hydrogen-bond acceptors (Lipinski definition) is 5. The standard InChI is InChI=1S/C21H33NO4.H2/c1-4-22-11-12-23-13-14-24-15-16-25-17-18-26-21-9-7-20(8-10-21)6-5-19(2)3;/h7-10,19,22H,4,11-18H2,1-3H3;1H. The highest BCUT2D eigenvalue weighted by atomic mass is 16.6. The van der Waals surface area contributed by atoms with Crippen LogP contribution in [0.3, 0.4) is 0 Å². The minimum absolute atomic E-state index is 0. The molecule has 1 N–H and O–H groups in total. The summed E-state index contributed by atoms with van der Waals surface area (Å²) < 4.78 is 22.0. The van der Waals surface area contributed by atoms with Gasteiger partial charge in [-0.1, -0.05) is 32.6 Å². The SMILES string of the molecule is CCNCCOCCOCCOCCOc1ccc(C#CC(C)C)cc1.[HH]. The van der Waals surface area contributed by atoms with E-state index in [1.807, 2.05) is 24.3 Å². The van der Waals surface area contributed by atoms with Crippen LogP contribution < -0.4 is 10.1 Å². The van der Waals surface area contributed by atoms with Gasteiger partial charge in [0.15, 0.2) is 0 Å². The molecule has 1 aromatic rings. The molecule has 0 radical (unpaired) electrons. The Bertz CT molecular complexity index is 511. The molecule has 0 spiro atoms. The zero-order valence-electron chi connectivity index (χ0n) is 16.4. The van der Waals surface area contributed by atoms with Crippen molar-refractivity contribution in [1.82, 2.24) is 5.32 Å². The Balaban J connectivity index is 0.00000676. The smallest absolute Gasteiger partial charge is 0.119 e. The molecule has 0 fully saturated rings. The summed E-state index contributed by atoms with van der Waals surface area (Å²) in [4.78, 5) is 0. The van der Waals surface area contributed by atoms with E-state index in [0.717, 1.165) is 31.0 Å². The highest BCUT2D eigenvalue weighted by Gasteiger charge is 1.95. The average molecular weight is 366 g/mol. The molecule has 0 atom stereocenters. The maximum Gasteiger partial charge on any atom is 0.119 e. The van der Waals surface area contributed by atoms with Gasteiger partial charge in [0.05, 0.1) is 39.6 Å². The topological polar surface area (TPSA) is 49.0 Å². The number of benzene rings is 1. The second-order valence-corrected chi connectivity index (χ2v) is 5.99. The Labute approximate surface area is 159 Å². The number of hydrogen-bond donors (Lipinski definition) is 1. The highest BCUT2D eigenvalue weighted by molar-refractivity contribution is 5.38. The van der Waals surface area contributed by atoms with Crippen LogP contribution in [0.5, 0.6) is 5.75 Å². The predicted molar refractivity (Wildman–Crippen MR) is 107 cm³/mol. The third-order valence-corrected chi connectivity index (χ3v) is 3.27. The second-order valence-electron chi connectivity index (χ2n) is 5.99. The van der Waals surface area contributed by atoms with Crippen LogP contribution in [0.1, 0.15) is 27.8 Å². The van der Waals surface area contributed by atoms with Crippen molar-refractivity contribution < 1.29 is 20.4 Å². The molecule has 1 rings (SSSR count). The van der Waals surface area contributed by atoms with Crippen molar-refractivity contribution in [2.24, 2.45) is 5.92 Å². The maximum absolute atomic E-state index is 5.64. The van der Waals surface area contributed by atoms with E-state index in [2.05, 4.69) is 37.9 Å². The van der Waals surface area contributed by atoms with E-state index in [1.165, 1.54) is 0 Å². The molecule has 0 aliphatic carbocycles. The minimum Gasteiger partial charge on any atom is -0.491 e. The fraction of sp³-hybridized carbons (Fsp3) is 0.619. The van der Waals surface area contributed by atoms with E-state index in [9.17, 15) is 0 Å². The Kier molecular flexibility index (Phi) is 13.5. The molecule has 0 heterocycles. The Hall–Kier alpha value is -1.58. The van der Waals surface area contributed by atoms with Gasteiger partial charge in [-0.3, -0.25) is 0 Å². The van der Waals surface area contributed by atoms with Crippen LogP contribution in [0.4, 0.5) is 0 Å². The molecule has 5 nitrogen and oxygen atoms in total. The molecule has 0 saturated carbocycles. The van der Waals surface area contributed by atoms with Gasteiger partial charge in [-0.05, 0) is 30.8 Å². The lowest BCUT2D eigenvalue weighted by atomic mass is 10.2. The van der Waals surface area contributed by atoms with E-state index < -0.39 is 0 Å². The first-order chi connectivity index (χ1) is 12.7. The zero-order chi connectivity index (χ0) is 18.9. The third-order valence-electron chi connectivity index (χ3n) is 3.27. The molecule has 0 bridgehead atoms. The minimum atomic E-state index is 0. The van der Waals surface area contributed by atoms with Gasteiger partial charge >= 0.3 is 0 Å². The monoisotopic (exact) mass is 365 g/mol. The molecule has 0 aliphatic rings. The van der Waals surface area contributed by atoms with Gasteiger partial charge in [0.1, 0.15) is 12.4 Å². The summed E-state index contributed by atoms with van der Waals surface area (Å²) in [5.74, 6) is 7.48. The summed E-state index contributed by atoms with van der Waals surface area (Å²) in [5.41, 5.74) is 1.00. The van der Waals surface area contributed by atoms with Gasteiger partial charge in [0.25, 0.3) is 0 Å². The molecule has 148 valence electrons. The third kappa shape index (κ3) is 12.7. The summed E-state index contributed by atoms with van der Waals surface area (Å²) in [7, 11) is 0. The molecule has 0 unspecified atom stereocenters. The highest BCUT2D eigenvalue weighted by Crippen LogP contribution is 2.11. The van der Waals surface area contributed by atoms with E-state index in [-0.39, 0.29) is 1.43 Å². The van der Waals surface area contributed by atoms with Gasteiger partial charge in [-0.15, -0.1) is 0 Å². The summed E-state index contributed by atoms with van der Waals surface area (Å²) in [6, 6.07) is 7.81. The summed E-state index contributed by atoms with van der Waals surface area (Å²) >= 11 is 0. The number of ether oxygens (including phenoxy) is 4. The van der Waals surface area contributed by atoms with Crippen LogP contribution in [-0.4, -0.2) is 59.3 Å². The van der Waals surface area contributed by atoms with Crippen LogP contribution in [0.15, 0.2) is 24.3 Å². The first-order valence-corrected chi connectivity index (χ1v) is 9.40. The largest absolute Gasteiger partial charge is 0.491 e. The van der Waals surface area contributed by atoms with E-state index in [0.29, 0.717) is 45.6 Å². The lowest BCUT2D eigenvalue weighted by Gasteiger charge is -2.08. The molecule has 5 heteroatoms. The molecule has 0 saturated heterocycles. The van der Waals surface area contributed by atoms with Crippen molar-refractivity contribution in [1.29, 1.82) is 0 Å². The molecule has 0 aliphatic heterocycles. The van der Waals surface area contributed by atoms with E-state index in [1.54, 1.807) is 0 Å². The van der Waals surface area contributed by atoms with Gasteiger partial charge < -0.3 is 24.3 Å². The normalized spacial score (nSPS) is 10.6. The molecule has 1 aromatic carbocycles. The Morgan fingerprint density at radius 1 is 0.885 bits per heavy atom. The van der Waals surface area contributed by atoms with Crippen molar-refractivity contribution in [3.05, 3.63) is 29.8 Å². The van der Waals surface area contributed by atoms with Crippen molar-refractivity contribution in [3.63, 3.8) is 0 Å². The van der Waals surface area contributed by atoms with Crippen LogP contribution in [0.25, 0.3) is 0 Å². The van der Waals surface area contributed by atoms with Gasteiger partial charge in [0.2, 0.25) is 0 Å². The fourth-order valence-corrected chi connectivity index (χ4v) is 1.94. The van der Waals surface area contributed by atoms with E-state index in [4.69, 9.17) is 18.9 Å². The lowest BCUT2D eigenvalue weighted by molar-refractivity contribution is 0.00989. The summed E-state index contributed by atoms with van der Waals surface area (Å²) in [5, 5.41) is 3.20. The maximum atomic E-state index is 5.64. The molecule has 0 amide bonds. The first-order valence-electron chi connectivity index (χ1n) is 9.40. The predicted octanol–water partition coefficient (Wildman–Crippen LogP) is 2.98. The van der Waals surface area contributed by atoms with Crippen LogP contribution in [0, 0.1) is 17.8 Å². The van der Waals surface area contributed by atoms with Crippen LogP contribution >= 0.6 is 0 Å². The number of likely N-dealkylation sites (N-methyl/N-ethyl adjacent to an activating group) is 1. The van der Waals surface area contributed by atoms with Crippen molar-refractivity contribution in [2.75, 3.05) is 59.3 Å². The van der Waals surface area contributed by atoms with Gasteiger partial charge in [-0.25, -0.2) is 0 Å². The van der Waals surface area contributed by atoms with Crippen molar-refractivity contribution in [3.8, 4) is 17.6 Å². The Morgan fingerprint density at radius 2 is 1.46 bits per heavy atom. The van der Waals surface area contributed by atoms with Crippen LogP contribution in [0.2, 0.25) is 0 Å². The molecular weight excluding hydrogens is 330 g/mol. The second kappa shape index (κ2) is 15.7. The molecule has 26 heavy (non-hydrogen) atoms.